The molecule has 0 aromatic heterocycles. The summed E-state index contributed by atoms with van der Waals surface area (Å²) in [5.74, 6) is -2.00. The van der Waals surface area contributed by atoms with Crippen molar-refractivity contribution in [3.63, 3.8) is 0 Å². The van der Waals surface area contributed by atoms with Crippen LogP contribution in [-0.2, 0) is 20.9 Å². The number of hydrogen-bond acceptors (Lipinski definition) is 5. The average Bonchev–Trinajstić information content (AvgIpc) is 2.64. The molecular formula is C19H26N4O4. The number of nitriles is 1. The Hall–Kier alpha value is -3.08. The van der Waals surface area contributed by atoms with Gasteiger partial charge in [-0.05, 0) is 24.8 Å². The number of nitrogens with one attached hydrogen (secondary N) is 2. The lowest BCUT2D eigenvalue weighted by molar-refractivity contribution is -0.129. The van der Waals surface area contributed by atoms with Crippen molar-refractivity contribution in [3.8, 4) is 6.07 Å². The second-order valence-corrected chi connectivity index (χ2v) is 6.66. The van der Waals surface area contributed by atoms with Gasteiger partial charge in [0.1, 0.15) is 18.7 Å². The molecule has 146 valence electrons. The number of rotatable bonds is 9. The van der Waals surface area contributed by atoms with Crippen LogP contribution in [-0.4, -0.2) is 30.0 Å². The molecule has 1 aromatic rings. The maximum absolute atomic E-state index is 12.5. The highest BCUT2D eigenvalue weighted by Gasteiger charge is 2.29. The van der Waals surface area contributed by atoms with E-state index in [1.54, 1.807) is 20.8 Å². The van der Waals surface area contributed by atoms with E-state index in [1.165, 1.54) is 0 Å². The lowest BCUT2D eigenvalue weighted by atomic mass is 10.00. The molecule has 0 radical (unpaired) electrons. The third-order valence-electron chi connectivity index (χ3n) is 3.90. The molecule has 0 bridgehead atoms. The molecule has 4 N–H and O–H groups in total. The predicted octanol–water partition coefficient (Wildman–Crippen LogP) is 1.46. The molecule has 1 rings (SSSR count). The first kappa shape index (κ1) is 22.0. The minimum atomic E-state index is -0.990. The van der Waals surface area contributed by atoms with Crippen molar-refractivity contribution >= 4 is 17.9 Å². The maximum atomic E-state index is 12.5. The molecule has 0 aliphatic carbocycles. The topological polar surface area (TPSA) is 134 Å². The van der Waals surface area contributed by atoms with E-state index >= 15 is 0 Å². The molecule has 0 saturated carbocycles. The normalized spacial score (nSPS) is 13.7. The molecular weight excluding hydrogens is 348 g/mol. The molecule has 0 spiro atoms. The Balaban J connectivity index is 2.67. The van der Waals surface area contributed by atoms with E-state index in [9.17, 15) is 14.4 Å². The zero-order valence-electron chi connectivity index (χ0n) is 15.8. The van der Waals surface area contributed by atoms with Gasteiger partial charge >= 0.3 is 6.09 Å². The minimum Gasteiger partial charge on any atom is -0.445 e. The zero-order valence-corrected chi connectivity index (χ0v) is 15.8. The number of benzene rings is 1. The molecule has 0 aliphatic heterocycles. The van der Waals surface area contributed by atoms with Gasteiger partial charge in [0, 0.05) is 5.92 Å². The second-order valence-electron chi connectivity index (χ2n) is 6.66. The van der Waals surface area contributed by atoms with Crippen LogP contribution in [0.15, 0.2) is 30.3 Å². The van der Waals surface area contributed by atoms with Gasteiger partial charge in [-0.1, -0.05) is 44.2 Å². The minimum absolute atomic E-state index is 0.0721. The predicted molar refractivity (Wildman–Crippen MR) is 98.9 cm³/mol. The Bertz CT molecular complexity index is 685. The van der Waals surface area contributed by atoms with Gasteiger partial charge in [0.15, 0.2) is 0 Å². The van der Waals surface area contributed by atoms with Gasteiger partial charge in [0.05, 0.1) is 6.07 Å². The van der Waals surface area contributed by atoms with Crippen molar-refractivity contribution in [3.05, 3.63) is 35.9 Å². The third-order valence-corrected chi connectivity index (χ3v) is 3.90. The summed E-state index contributed by atoms with van der Waals surface area (Å²) in [6.45, 7) is 5.20. The number of nitrogens with zero attached hydrogens (tertiary/aromatic N) is 1. The highest BCUT2D eigenvalue weighted by atomic mass is 16.5. The SMILES string of the molecule is CC(C)[C@H](NC(=O)OCc1ccccc1)C(=O)N[C@@H](C[C@H](C)C#N)C(N)=O. The van der Waals surface area contributed by atoms with Gasteiger partial charge in [-0.3, -0.25) is 9.59 Å². The van der Waals surface area contributed by atoms with Crippen LogP contribution in [0.5, 0.6) is 0 Å². The van der Waals surface area contributed by atoms with Crippen molar-refractivity contribution in [2.24, 2.45) is 17.6 Å². The van der Waals surface area contributed by atoms with Gasteiger partial charge in [-0.25, -0.2) is 4.79 Å². The Morgan fingerprint density at radius 2 is 1.78 bits per heavy atom. The molecule has 27 heavy (non-hydrogen) atoms. The van der Waals surface area contributed by atoms with Crippen molar-refractivity contribution in [1.29, 1.82) is 5.26 Å². The first-order valence-electron chi connectivity index (χ1n) is 8.71. The van der Waals surface area contributed by atoms with E-state index < -0.39 is 35.9 Å². The summed E-state index contributed by atoms with van der Waals surface area (Å²) in [7, 11) is 0. The van der Waals surface area contributed by atoms with Crippen molar-refractivity contribution in [1.82, 2.24) is 10.6 Å². The highest BCUT2D eigenvalue weighted by Crippen LogP contribution is 2.08. The fourth-order valence-electron chi connectivity index (χ4n) is 2.34. The van der Waals surface area contributed by atoms with Gasteiger partial charge < -0.3 is 21.1 Å². The monoisotopic (exact) mass is 374 g/mol. The number of ether oxygens (including phenoxy) is 1. The lowest BCUT2D eigenvalue weighted by Gasteiger charge is -2.24. The number of amides is 3. The second kappa shape index (κ2) is 10.8. The molecule has 3 amide bonds. The van der Waals surface area contributed by atoms with Crippen molar-refractivity contribution in [2.75, 3.05) is 0 Å². The average molecular weight is 374 g/mol. The smallest absolute Gasteiger partial charge is 0.408 e. The van der Waals surface area contributed by atoms with Crippen LogP contribution >= 0.6 is 0 Å². The number of carbonyl (C=O) groups excluding carboxylic acids is 3. The van der Waals surface area contributed by atoms with Crippen LogP contribution in [0.4, 0.5) is 4.79 Å². The van der Waals surface area contributed by atoms with Crippen LogP contribution in [0, 0.1) is 23.2 Å². The van der Waals surface area contributed by atoms with Gasteiger partial charge in [0.25, 0.3) is 0 Å². The maximum Gasteiger partial charge on any atom is 0.408 e. The van der Waals surface area contributed by atoms with Crippen molar-refractivity contribution in [2.45, 2.75) is 45.9 Å². The van der Waals surface area contributed by atoms with Crippen LogP contribution in [0.1, 0.15) is 32.8 Å². The molecule has 1 aromatic carbocycles. The van der Waals surface area contributed by atoms with E-state index in [1.807, 2.05) is 36.4 Å². The first-order chi connectivity index (χ1) is 12.7. The van der Waals surface area contributed by atoms with E-state index in [0.29, 0.717) is 0 Å². The summed E-state index contributed by atoms with van der Waals surface area (Å²) >= 11 is 0. The number of alkyl carbamates (subject to hydrolysis) is 1. The molecule has 3 atom stereocenters. The molecule has 0 fully saturated rings. The molecule has 0 heterocycles. The van der Waals surface area contributed by atoms with Crippen LogP contribution < -0.4 is 16.4 Å². The summed E-state index contributed by atoms with van der Waals surface area (Å²) in [6.07, 6.45) is -0.644. The van der Waals surface area contributed by atoms with E-state index in [-0.39, 0.29) is 18.9 Å². The summed E-state index contributed by atoms with van der Waals surface area (Å²) in [6, 6.07) is 9.22. The zero-order chi connectivity index (χ0) is 20.4. The Morgan fingerprint density at radius 1 is 1.15 bits per heavy atom. The molecule has 0 unspecified atom stereocenters. The van der Waals surface area contributed by atoms with Crippen molar-refractivity contribution < 1.29 is 19.1 Å². The van der Waals surface area contributed by atoms with Crippen LogP contribution in [0.25, 0.3) is 0 Å². The number of nitrogens with two attached hydrogens (primary N) is 1. The quantitative estimate of drug-likeness (QED) is 0.601. The third kappa shape index (κ3) is 7.77. The van der Waals surface area contributed by atoms with Crippen LogP contribution in [0.3, 0.4) is 0 Å². The van der Waals surface area contributed by atoms with Gasteiger partial charge in [-0.2, -0.15) is 5.26 Å². The molecule has 0 aliphatic rings. The van der Waals surface area contributed by atoms with Crippen LogP contribution in [0.2, 0.25) is 0 Å². The molecule has 8 nitrogen and oxygen atoms in total. The number of carbonyl (C=O) groups is 3. The standard InChI is InChI=1S/C19H26N4O4/c1-12(2)16(18(25)22-15(17(21)24)9-13(3)10-20)23-19(26)27-11-14-7-5-4-6-8-14/h4-8,12-13,15-16H,9,11H2,1-3H3,(H2,21,24)(H,22,25)(H,23,26)/t13-,15-,16-/m0/s1. The fourth-order valence-corrected chi connectivity index (χ4v) is 2.34. The lowest BCUT2D eigenvalue weighted by Crippen LogP contribution is -2.55. The van der Waals surface area contributed by atoms with E-state index in [4.69, 9.17) is 15.7 Å². The largest absolute Gasteiger partial charge is 0.445 e. The summed E-state index contributed by atoms with van der Waals surface area (Å²) in [5, 5.41) is 13.9. The highest BCUT2D eigenvalue weighted by molar-refractivity contribution is 5.90. The first-order valence-corrected chi connectivity index (χ1v) is 8.71. The molecule has 0 saturated heterocycles. The Kier molecular flexibility index (Phi) is 8.79. The number of primary amides is 1. The summed E-state index contributed by atoms with van der Waals surface area (Å²) in [5.41, 5.74) is 6.12. The van der Waals surface area contributed by atoms with Gasteiger partial charge in [-0.15, -0.1) is 0 Å². The Labute approximate surface area is 159 Å². The summed E-state index contributed by atoms with van der Waals surface area (Å²) in [4.78, 5) is 36.1. The Morgan fingerprint density at radius 3 is 2.30 bits per heavy atom. The fraction of sp³-hybridized carbons (Fsp3) is 0.474. The van der Waals surface area contributed by atoms with E-state index in [0.717, 1.165) is 5.56 Å². The van der Waals surface area contributed by atoms with E-state index in [2.05, 4.69) is 10.6 Å². The summed E-state index contributed by atoms with van der Waals surface area (Å²) < 4.78 is 5.13. The number of hydrogen-bond donors (Lipinski definition) is 3. The molecule has 8 heteroatoms. The van der Waals surface area contributed by atoms with Gasteiger partial charge in [0.2, 0.25) is 11.8 Å².